The van der Waals surface area contributed by atoms with Gasteiger partial charge in [0.25, 0.3) is 0 Å². The van der Waals surface area contributed by atoms with Crippen molar-refractivity contribution in [2.24, 2.45) is 0 Å². The normalized spacial score (nSPS) is 17.8. The monoisotopic (exact) mass is 502 g/mol. The van der Waals surface area contributed by atoms with Crippen molar-refractivity contribution in [1.29, 1.82) is 0 Å². The number of amides is 2. The van der Waals surface area contributed by atoms with Crippen LogP contribution < -0.4 is 10.2 Å². The lowest BCUT2D eigenvalue weighted by atomic mass is 10.0. The Hall–Kier alpha value is -3.69. The predicted molar refractivity (Wildman–Crippen MR) is 141 cm³/mol. The third-order valence-electron chi connectivity index (χ3n) is 7.72. The molecule has 0 bridgehead atoms. The van der Waals surface area contributed by atoms with Gasteiger partial charge in [0.1, 0.15) is 0 Å². The van der Waals surface area contributed by atoms with Crippen molar-refractivity contribution in [3.63, 3.8) is 0 Å². The molecule has 2 amide bonds. The Morgan fingerprint density at radius 3 is 2.35 bits per heavy atom. The average Bonchev–Trinajstić information content (AvgIpc) is 3.65. The number of carbonyl (C=O) groups excluding carboxylic acids is 2. The molecule has 0 unspecified atom stereocenters. The van der Waals surface area contributed by atoms with E-state index in [9.17, 15) is 9.59 Å². The summed E-state index contributed by atoms with van der Waals surface area (Å²) in [5, 5.41) is 3.49. The van der Waals surface area contributed by atoms with Crippen LogP contribution in [0.4, 0.5) is 11.8 Å². The van der Waals surface area contributed by atoms with E-state index in [-0.39, 0.29) is 11.8 Å². The lowest BCUT2D eigenvalue weighted by Crippen LogP contribution is -2.32. The topological polar surface area (TPSA) is 99.5 Å². The van der Waals surface area contributed by atoms with E-state index in [1.807, 2.05) is 20.7 Å². The summed E-state index contributed by atoms with van der Waals surface area (Å²) < 4.78 is 2.04. The smallest absolute Gasteiger partial charge is 0.229 e. The summed E-state index contributed by atoms with van der Waals surface area (Å²) >= 11 is 0. The number of anilines is 2. The third-order valence-corrected chi connectivity index (χ3v) is 7.72. The molecule has 2 aromatic heterocycles. The third kappa shape index (κ3) is 4.97. The lowest BCUT2D eigenvalue weighted by Gasteiger charge is -2.29. The van der Waals surface area contributed by atoms with Crippen LogP contribution in [-0.2, 0) is 29.1 Å². The Labute approximate surface area is 216 Å². The van der Waals surface area contributed by atoms with E-state index >= 15 is 0 Å². The Morgan fingerprint density at radius 2 is 1.59 bits per heavy atom. The number of likely N-dealkylation sites (tertiary alicyclic amines) is 2. The first kappa shape index (κ1) is 23.7. The van der Waals surface area contributed by atoms with Gasteiger partial charge < -0.3 is 24.6 Å². The molecule has 2 saturated heterocycles. The molecule has 3 aliphatic rings. The number of benzene rings is 1. The molecule has 0 radical (unpaired) electrons. The number of hydrogen-bond acceptors (Lipinski definition) is 7. The summed E-state index contributed by atoms with van der Waals surface area (Å²) in [6, 6.07) is 8.55. The van der Waals surface area contributed by atoms with E-state index < -0.39 is 0 Å². The van der Waals surface area contributed by atoms with Crippen molar-refractivity contribution >= 4 is 34.7 Å². The second-order valence-corrected chi connectivity index (χ2v) is 10.2. The van der Waals surface area contributed by atoms with Gasteiger partial charge in [-0.05, 0) is 36.8 Å². The largest absolute Gasteiger partial charge is 0.368 e. The van der Waals surface area contributed by atoms with Crippen LogP contribution in [0.3, 0.4) is 0 Å². The summed E-state index contributed by atoms with van der Waals surface area (Å²) in [5.41, 5.74) is 4.22. The Kier molecular flexibility index (Phi) is 6.63. The molecule has 1 N–H and O–H groups in total. The molecule has 0 atom stereocenters. The fourth-order valence-corrected chi connectivity index (χ4v) is 5.61. The molecule has 0 aliphatic carbocycles. The van der Waals surface area contributed by atoms with Crippen LogP contribution in [0.15, 0.2) is 30.6 Å². The summed E-state index contributed by atoms with van der Waals surface area (Å²) in [5.74, 6) is 1.90. The molecule has 3 aromatic rings. The minimum Gasteiger partial charge on any atom is -0.368 e. The Bertz CT molecular complexity index is 1300. The number of hydrogen-bond donors (Lipinski definition) is 1. The van der Waals surface area contributed by atoms with Gasteiger partial charge in [-0.2, -0.15) is 9.97 Å². The van der Waals surface area contributed by atoms with Gasteiger partial charge in [0.05, 0.1) is 6.33 Å². The molecule has 37 heavy (non-hydrogen) atoms. The van der Waals surface area contributed by atoms with Crippen LogP contribution in [0.5, 0.6) is 0 Å². The first-order chi connectivity index (χ1) is 18.2. The number of carbonyl (C=O) groups is 2. The van der Waals surface area contributed by atoms with E-state index in [4.69, 9.17) is 9.97 Å². The van der Waals surface area contributed by atoms with E-state index in [1.54, 1.807) is 0 Å². The van der Waals surface area contributed by atoms with Crippen LogP contribution in [0, 0.1) is 0 Å². The maximum Gasteiger partial charge on any atom is 0.229 e. The molecule has 5 heterocycles. The van der Waals surface area contributed by atoms with E-state index in [0.717, 1.165) is 75.4 Å². The molecule has 6 rings (SSSR count). The Balaban J connectivity index is 1.23. The standard InChI is InChI=1S/C27H34N8O2/c36-22-8-3-12-32(22)14-5-11-28-25-24-26(35(19-29-24)17-16-33-13-4-9-23(33)37)31-27(30-25)34-15-10-20-6-1-2-7-21(20)18-34/h1-2,6-7,19H,3-5,8-18H2,(H,28,30,31). The summed E-state index contributed by atoms with van der Waals surface area (Å²) in [7, 11) is 0. The van der Waals surface area contributed by atoms with Gasteiger partial charge in [0.15, 0.2) is 17.0 Å². The lowest BCUT2D eigenvalue weighted by molar-refractivity contribution is -0.128. The number of rotatable bonds is 9. The first-order valence-electron chi connectivity index (χ1n) is 13.5. The number of imidazole rings is 1. The van der Waals surface area contributed by atoms with Crippen LogP contribution in [0.25, 0.3) is 11.2 Å². The van der Waals surface area contributed by atoms with Crippen LogP contribution in [-0.4, -0.2) is 80.4 Å². The van der Waals surface area contributed by atoms with Gasteiger partial charge in [-0.1, -0.05) is 24.3 Å². The molecular weight excluding hydrogens is 468 g/mol. The average molecular weight is 503 g/mol. The molecule has 10 heteroatoms. The molecule has 194 valence electrons. The van der Waals surface area contributed by atoms with Gasteiger partial charge in [-0.3, -0.25) is 9.59 Å². The van der Waals surface area contributed by atoms with Gasteiger partial charge in [-0.25, -0.2) is 4.98 Å². The Morgan fingerprint density at radius 1 is 0.838 bits per heavy atom. The summed E-state index contributed by atoms with van der Waals surface area (Å²) in [4.78, 5) is 44.7. The minimum absolute atomic E-state index is 0.227. The first-order valence-corrected chi connectivity index (χ1v) is 13.5. The second kappa shape index (κ2) is 10.4. The molecule has 0 spiro atoms. The quantitative estimate of drug-likeness (QED) is 0.449. The maximum atomic E-state index is 12.1. The predicted octanol–water partition coefficient (Wildman–Crippen LogP) is 2.44. The molecule has 2 fully saturated rings. The van der Waals surface area contributed by atoms with E-state index in [1.165, 1.54) is 11.1 Å². The molecule has 1 aromatic carbocycles. The van der Waals surface area contributed by atoms with Crippen molar-refractivity contribution in [1.82, 2.24) is 29.3 Å². The fraction of sp³-hybridized carbons (Fsp3) is 0.519. The van der Waals surface area contributed by atoms with Gasteiger partial charge in [0, 0.05) is 65.2 Å². The van der Waals surface area contributed by atoms with Crippen LogP contribution >= 0.6 is 0 Å². The van der Waals surface area contributed by atoms with Gasteiger partial charge in [-0.15, -0.1) is 0 Å². The van der Waals surface area contributed by atoms with Crippen LogP contribution in [0.2, 0.25) is 0 Å². The number of aromatic nitrogens is 4. The van der Waals surface area contributed by atoms with Crippen molar-refractivity contribution in [3.8, 4) is 0 Å². The van der Waals surface area contributed by atoms with Crippen molar-refractivity contribution < 1.29 is 9.59 Å². The van der Waals surface area contributed by atoms with Gasteiger partial charge >= 0.3 is 0 Å². The minimum atomic E-state index is 0.227. The highest BCUT2D eigenvalue weighted by atomic mass is 16.2. The molecular formula is C27H34N8O2. The highest BCUT2D eigenvalue weighted by Gasteiger charge is 2.24. The fourth-order valence-electron chi connectivity index (χ4n) is 5.61. The van der Waals surface area contributed by atoms with Crippen molar-refractivity contribution in [2.45, 2.75) is 51.6 Å². The summed E-state index contributed by atoms with van der Waals surface area (Å²) in [6.45, 7) is 6.09. The maximum absolute atomic E-state index is 12.1. The molecule has 10 nitrogen and oxygen atoms in total. The SMILES string of the molecule is O=C1CCCN1CCCNc1nc(N2CCc3ccccc3C2)nc2c1ncn2CCN1CCCC1=O. The van der Waals surface area contributed by atoms with E-state index in [2.05, 4.69) is 39.5 Å². The van der Waals surface area contributed by atoms with Crippen molar-refractivity contribution in [3.05, 3.63) is 41.7 Å². The number of nitrogens with one attached hydrogen (secondary N) is 1. The number of fused-ring (bicyclic) bond motifs is 2. The summed E-state index contributed by atoms with van der Waals surface area (Å²) in [6.07, 6.45) is 6.82. The number of nitrogens with zero attached hydrogens (tertiary/aromatic N) is 7. The molecule has 0 saturated carbocycles. The zero-order chi connectivity index (χ0) is 25.2. The van der Waals surface area contributed by atoms with Crippen molar-refractivity contribution in [2.75, 3.05) is 49.5 Å². The second-order valence-electron chi connectivity index (χ2n) is 10.2. The highest BCUT2D eigenvalue weighted by Crippen LogP contribution is 2.27. The molecule has 3 aliphatic heterocycles. The zero-order valence-electron chi connectivity index (χ0n) is 21.2. The zero-order valence-corrected chi connectivity index (χ0v) is 21.2. The highest BCUT2D eigenvalue weighted by molar-refractivity contribution is 5.84. The van der Waals surface area contributed by atoms with Gasteiger partial charge in [0.2, 0.25) is 17.8 Å². The van der Waals surface area contributed by atoms with E-state index in [0.29, 0.717) is 38.4 Å². The van der Waals surface area contributed by atoms with Crippen LogP contribution in [0.1, 0.15) is 43.2 Å².